The van der Waals surface area contributed by atoms with Crippen molar-refractivity contribution in [2.75, 3.05) is 25.5 Å². The van der Waals surface area contributed by atoms with Gasteiger partial charge in [-0.2, -0.15) is 0 Å². The zero-order valence-corrected chi connectivity index (χ0v) is 12.4. The first-order chi connectivity index (χ1) is 10.5. The summed E-state index contributed by atoms with van der Waals surface area (Å²) >= 11 is 0. The predicted molar refractivity (Wildman–Crippen MR) is 83.4 cm³/mol. The van der Waals surface area contributed by atoms with Crippen LogP contribution in [0, 0.1) is 0 Å². The molecule has 1 N–H and O–H groups in total. The number of hydrogen-bond donors (Lipinski definition) is 1. The Morgan fingerprint density at radius 2 is 1.68 bits per heavy atom. The van der Waals surface area contributed by atoms with Gasteiger partial charge in [-0.15, -0.1) is 13.2 Å². The van der Waals surface area contributed by atoms with Gasteiger partial charge in [-0.05, 0) is 24.3 Å². The van der Waals surface area contributed by atoms with Gasteiger partial charge < -0.3 is 15.0 Å². The predicted octanol–water partition coefficient (Wildman–Crippen LogP) is 1.61. The number of benzene rings is 1. The smallest absolute Gasteiger partial charge is 0.337 e. The van der Waals surface area contributed by atoms with Crippen molar-refractivity contribution in [3.8, 4) is 0 Å². The second-order valence-corrected chi connectivity index (χ2v) is 4.31. The lowest BCUT2D eigenvalue weighted by molar-refractivity contribution is -0.142. The van der Waals surface area contributed by atoms with E-state index in [-0.39, 0.29) is 13.1 Å². The van der Waals surface area contributed by atoms with Gasteiger partial charge in [0.05, 0.1) is 12.7 Å². The average molecular weight is 302 g/mol. The van der Waals surface area contributed by atoms with Gasteiger partial charge in [-0.1, -0.05) is 12.2 Å². The van der Waals surface area contributed by atoms with Crippen LogP contribution in [0.4, 0.5) is 5.69 Å². The van der Waals surface area contributed by atoms with Crippen LogP contribution in [0.1, 0.15) is 10.4 Å². The Labute approximate surface area is 129 Å². The summed E-state index contributed by atoms with van der Waals surface area (Å²) in [6.07, 6.45) is 3.06. The fourth-order valence-corrected chi connectivity index (χ4v) is 1.69. The van der Waals surface area contributed by atoms with E-state index in [4.69, 9.17) is 0 Å². The molecule has 116 valence electrons. The van der Waals surface area contributed by atoms with Crippen LogP contribution in [0.2, 0.25) is 0 Å². The van der Waals surface area contributed by atoms with Crippen LogP contribution in [0.15, 0.2) is 49.6 Å². The molecular weight excluding hydrogens is 284 g/mol. The first-order valence-corrected chi connectivity index (χ1v) is 6.54. The Morgan fingerprint density at radius 1 is 1.14 bits per heavy atom. The molecule has 0 fully saturated rings. The van der Waals surface area contributed by atoms with Crippen LogP contribution in [0.5, 0.6) is 0 Å². The summed E-state index contributed by atoms with van der Waals surface area (Å²) in [6, 6.07) is 6.03. The van der Waals surface area contributed by atoms with E-state index in [2.05, 4.69) is 23.2 Å². The second kappa shape index (κ2) is 8.41. The van der Waals surface area contributed by atoms with E-state index in [1.807, 2.05) is 0 Å². The fourth-order valence-electron chi connectivity index (χ4n) is 1.69. The van der Waals surface area contributed by atoms with Crippen molar-refractivity contribution >= 4 is 23.5 Å². The van der Waals surface area contributed by atoms with Gasteiger partial charge in [0.1, 0.15) is 0 Å². The summed E-state index contributed by atoms with van der Waals surface area (Å²) in [5.41, 5.74) is 0.759. The van der Waals surface area contributed by atoms with Crippen molar-refractivity contribution < 1.29 is 19.1 Å². The first kappa shape index (κ1) is 17.2. The fraction of sp³-hybridized carbons (Fsp3) is 0.188. The zero-order chi connectivity index (χ0) is 16.5. The van der Waals surface area contributed by atoms with E-state index >= 15 is 0 Å². The van der Waals surface area contributed by atoms with E-state index in [1.54, 1.807) is 0 Å². The number of carbonyl (C=O) groups excluding carboxylic acids is 3. The summed E-state index contributed by atoms with van der Waals surface area (Å²) in [6.45, 7) is 7.58. The lowest BCUT2D eigenvalue weighted by Gasteiger charge is -2.18. The van der Waals surface area contributed by atoms with E-state index in [0.29, 0.717) is 11.3 Å². The summed E-state index contributed by atoms with van der Waals surface area (Å²) < 4.78 is 4.57. The molecule has 1 aromatic rings. The Hall–Kier alpha value is -2.89. The monoisotopic (exact) mass is 302 g/mol. The van der Waals surface area contributed by atoms with Gasteiger partial charge in [-0.3, -0.25) is 9.59 Å². The summed E-state index contributed by atoms with van der Waals surface area (Å²) in [4.78, 5) is 36.5. The quantitative estimate of drug-likeness (QED) is 0.492. The van der Waals surface area contributed by atoms with Crippen molar-refractivity contribution in [1.82, 2.24) is 4.90 Å². The number of ether oxygens (including phenoxy) is 1. The zero-order valence-electron chi connectivity index (χ0n) is 12.4. The van der Waals surface area contributed by atoms with Gasteiger partial charge in [-0.25, -0.2) is 4.79 Å². The molecule has 0 aliphatic carbocycles. The molecule has 0 aromatic heterocycles. The van der Waals surface area contributed by atoms with Crippen molar-refractivity contribution in [3.05, 3.63) is 55.1 Å². The summed E-state index contributed by atoms with van der Waals surface area (Å²) in [5, 5.41) is 2.47. The van der Waals surface area contributed by atoms with Crippen LogP contribution < -0.4 is 5.32 Å². The minimum Gasteiger partial charge on any atom is -0.465 e. The second-order valence-electron chi connectivity index (χ2n) is 4.31. The third-order valence-corrected chi connectivity index (χ3v) is 2.74. The number of methoxy groups -OCH3 is 1. The molecule has 22 heavy (non-hydrogen) atoms. The average Bonchev–Trinajstić information content (AvgIpc) is 2.53. The van der Waals surface area contributed by atoms with E-state index < -0.39 is 17.8 Å². The highest BCUT2D eigenvalue weighted by atomic mass is 16.5. The molecule has 0 aliphatic heterocycles. The number of anilines is 1. The molecule has 6 heteroatoms. The topological polar surface area (TPSA) is 75.7 Å². The lowest BCUT2D eigenvalue weighted by atomic mass is 10.2. The van der Waals surface area contributed by atoms with Crippen LogP contribution in [-0.4, -0.2) is 42.9 Å². The highest BCUT2D eigenvalue weighted by Gasteiger charge is 2.20. The molecule has 6 nitrogen and oxygen atoms in total. The minimum atomic E-state index is -0.769. The van der Waals surface area contributed by atoms with Crippen molar-refractivity contribution in [3.63, 3.8) is 0 Å². The van der Waals surface area contributed by atoms with Gasteiger partial charge in [0.2, 0.25) is 0 Å². The Balaban J connectivity index is 2.74. The van der Waals surface area contributed by atoms with Gasteiger partial charge in [0, 0.05) is 18.8 Å². The number of rotatable bonds is 6. The SMILES string of the molecule is C=CCN(CC=C)C(=O)C(=O)Nc1ccc(C(=O)OC)cc1. The lowest BCUT2D eigenvalue weighted by Crippen LogP contribution is -2.39. The maximum absolute atomic E-state index is 12.0. The van der Waals surface area contributed by atoms with E-state index in [9.17, 15) is 14.4 Å². The van der Waals surface area contributed by atoms with Crippen LogP contribution in [-0.2, 0) is 14.3 Å². The molecule has 1 aromatic carbocycles. The highest BCUT2D eigenvalue weighted by molar-refractivity contribution is 6.39. The first-order valence-electron chi connectivity index (χ1n) is 6.54. The molecule has 0 saturated heterocycles. The molecule has 2 amide bonds. The number of carbonyl (C=O) groups is 3. The van der Waals surface area contributed by atoms with Gasteiger partial charge >= 0.3 is 17.8 Å². The largest absolute Gasteiger partial charge is 0.465 e. The third kappa shape index (κ3) is 4.59. The molecule has 0 spiro atoms. The Morgan fingerprint density at radius 3 is 2.14 bits per heavy atom. The Kier molecular flexibility index (Phi) is 6.56. The molecule has 0 unspecified atom stereocenters. The molecule has 0 heterocycles. The Bertz CT molecular complexity index is 568. The minimum absolute atomic E-state index is 0.250. The molecule has 0 atom stereocenters. The van der Waals surface area contributed by atoms with Crippen molar-refractivity contribution in [2.24, 2.45) is 0 Å². The van der Waals surface area contributed by atoms with Gasteiger partial charge in [0.25, 0.3) is 0 Å². The van der Waals surface area contributed by atoms with Crippen LogP contribution in [0.25, 0.3) is 0 Å². The summed E-state index contributed by atoms with van der Waals surface area (Å²) in [5.74, 6) is -1.93. The molecule has 0 saturated carbocycles. The molecule has 0 bridgehead atoms. The van der Waals surface area contributed by atoms with E-state index in [1.165, 1.54) is 48.4 Å². The van der Waals surface area contributed by atoms with Crippen LogP contribution >= 0.6 is 0 Å². The molecule has 1 rings (SSSR count). The van der Waals surface area contributed by atoms with Crippen molar-refractivity contribution in [2.45, 2.75) is 0 Å². The maximum atomic E-state index is 12.0. The molecular formula is C16H18N2O4. The van der Waals surface area contributed by atoms with Crippen molar-refractivity contribution in [1.29, 1.82) is 0 Å². The number of amides is 2. The molecule has 0 radical (unpaired) electrons. The highest BCUT2D eigenvalue weighted by Crippen LogP contribution is 2.10. The maximum Gasteiger partial charge on any atom is 0.337 e. The normalized spacial score (nSPS) is 9.50. The number of nitrogens with zero attached hydrogens (tertiary/aromatic N) is 1. The molecule has 0 aliphatic rings. The third-order valence-electron chi connectivity index (χ3n) is 2.74. The number of nitrogens with one attached hydrogen (secondary N) is 1. The number of esters is 1. The van der Waals surface area contributed by atoms with Gasteiger partial charge in [0.15, 0.2) is 0 Å². The van der Waals surface area contributed by atoms with E-state index in [0.717, 1.165) is 0 Å². The summed E-state index contributed by atoms with van der Waals surface area (Å²) in [7, 11) is 1.28. The number of hydrogen-bond acceptors (Lipinski definition) is 4. The standard InChI is InChI=1S/C16H18N2O4/c1-4-10-18(11-5-2)15(20)14(19)17-13-8-6-12(7-9-13)16(21)22-3/h4-9H,1-2,10-11H2,3H3,(H,17,19). The van der Waals surface area contributed by atoms with Crippen LogP contribution in [0.3, 0.4) is 0 Å².